The predicted octanol–water partition coefficient (Wildman–Crippen LogP) is 5.04. The molecule has 0 bridgehead atoms. The maximum atomic E-state index is 13.2. The van der Waals surface area contributed by atoms with Crippen molar-refractivity contribution < 1.29 is 9.59 Å². The molecular formula is C25H33ClN2O2. The smallest absolute Gasteiger partial charge is 0.243 e. The van der Waals surface area contributed by atoms with E-state index in [1.54, 1.807) is 4.90 Å². The third-order valence-corrected chi connectivity index (χ3v) is 5.30. The summed E-state index contributed by atoms with van der Waals surface area (Å²) in [6.07, 6.45) is 2.14. The molecule has 2 amide bonds. The van der Waals surface area contributed by atoms with Gasteiger partial charge in [0.25, 0.3) is 0 Å². The molecule has 0 aliphatic carbocycles. The van der Waals surface area contributed by atoms with Crippen LogP contribution in [0.4, 0.5) is 0 Å². The van der Waals surface area contributed by atoms with Gasteiger partial charge in [-0.1, -0.05) is 67.1 Å². The van der Waals surface area contributed by atoms with Gasteiger partial charge in [0, 0.05) is 23.5 Å². The fourth-order valence-corrected chi connectivity index (χ4v) is 3.67. The van der Waals surface area contributed by atoms with E-state index >= 15 is 0 Å². The third-order valence-electron chi connectivity index (χ3n) is 4.93. The SMILES string of the molecule is CC[C@@H](C(=O)NC(C)(C)C)N(CCc1ccccc1)C(=O)CCc1ccccc1Cl. The van der Waals surface area contributed by atoms with Crippen molar-refractivity contribution in [1.29, 1.82) is 0 Å². The molecule has 2 aromatic rings. The fraction of sp³-hybridized carbons (Fsp3) is 0.440. The number of carbonyl (C=O) groups is 2. The van der Waals surface area contributed by atoms with E-state index in [1.165, 1.54) is 0 Å². The van der Waals surface area contributed by atoms with Gasteiger partial charge in [0.05, 0.1) is 0 Å². The highest BCUT2D eigenvalue weighted by Gasteiger charge is 2.30. The lowest BCUT2D eigenvalue weighted by Crippen LogP contribution is -2.54. The fourth-order valence-electron chi connectivity index (χ4n) is 3.44. The van der Waals surface area contributed by atoms with Gasteiger partial charge in [-0.25, -0.2) is 0 Å². The van der Waals surface area contributed by atoms with Crippen LogP contribution in [-0.2, 0) is 22.4 Å². The minimum atomic E-state index is -0.494. The number of benzene rings is 2. The molecule has 0 aliphatic rings. The van der Waals surface area contributed by atoms with Gasteiger partial charge in [-0.05, 0) is 57.2 Å². The minimum absolute atomic E-state index is 0.0261. The lowest BCUT2D eigenvalue weighted by atomic mass is 10.0. The highest BCUT2D eigenvalue weighted by Crippen LogP contribution is 2.18. The molecule has 1 N–H and O–H groups in total. The molecule has 0 spiro atoms. The van der Waals surface area contributed by atoms with E-state index in [4.69, 9.17) is 11.6 Å². The molecule has 30 heavy (non-hydrogen) atoms. The average Bonchev–Trinajstić information content (AvgIpc) is 2.69. The first-order chi connectivity index (χ1) is 14.2. The number of halogens is 1. The first kappa shape index (κ1) is 23.9. The summed E-state index contributed by atoms with van der Waals surface area (Å²) >= 11 is 6.25. The molecule has 0 fully saturated rings. The summed E-state index contributed by atoms with van der Waals surface area (Å²) in [5.74, 6) is -0.133. The number of nitrogens with zero attached hydrogens (tertiary/aromatic N) is 1. The largest absolute Gasteiger partial charge is 0.350 e. The van der Waals surface area contributed by atoms with Crippen LogP contribution in [0.15, 0.2) is 54.6 Å². The molecule has 0 heterocycles. The number of aryl methyl sites for hydroxylation is 1. The van der Waals surface area contributed by atoms with Gasteiger partial charge < -0.3 is 10.2 Å². The minimum Gasteiger partial charge on any atom is -0.350 e. The predicted molar refractivity (Wildman–Crippen MR) is 124 cm³/mol. The molecule has 162 valence electrons. The number of hydrogen-bond donors (Lipinski definition) is 1. The molecule has 4 nitrogen and oxygen atoms in total. The Hall–Kier alpha value is -2.33. The second-order valence-corrected chi connectivity index (χ2v) is 8.98. The molecule has 5 heteroatoms. The van der Waals surface area contributed by atoms with E-state index < -0.39 is 6.04 Å². The first-order valence-electron chi connectivity index (χ1n) is 10.6. The molecule has 0 saturated carbocycles. The summed E-state index contributed by atoms with van der Waals surface area (Å²) in [7, 11) is 0. The number of nitrogens with one attached hydrogen (secondary N) is 1. The van der Waals surface area contributed by atoms with Crippen LogP contribution >= 0.6 is 11.6 Å². The van der Waals surface area contributed by atoms with Gasteiger partial charge in [-0.15, -0.1) is 0 Å². The highest BCUT2D eigenvalue weighted by atomic mass is 35.5. The Morgan fingerprint density at radius 3 is 2.23 bits per heavy atom. The topological polar surface area (TPSA) is 49.4 Å². The number of amides is 2. The molecule has 0 radical (unpaired) electrons. The van der Waals surface area contributed by atoms with E-state index in [2.05, 4.69) is 5.32 Å². The van der Waals surface area contributed by atoms with Gasteiger partial charge >= 0.3 is 0 Å². The number of rotatable bonds is 9. The van der Waals surface area contributed by atoms with Gasteiger partial charge in [0.2, 0.25) is 11.8 Å². The zero-order chi connectivity index (χ0) is 22.1. The zero-order valence-corrected chi connectivity index (χ0v) is 19.2. The molecule has 2 aromatic carbocycles. The maximum absolute atomic E-state index is 13.2. The van der Waals surface area contributed by atoms with Crippen molar-refractivity contribution in [1.82, 2.24) is 10.2 Å². The van der Waals surface area contributed by atoms with Crippen LogP contribution in [0.2, 0.25) is 5.02 Å². The Bertz CT molecular complexity index is 831. The molecular weight excluding hydrogens is 396 g/mol. The van der Waals surface area contributed by atoms with Crippen LogP contribution in [-0.4, -0.2) is 34.8 Å². The van der Waals surface area contributed by atoms with Crippen molar-refractivity contribution in [3.63, 3.8) is 0 Å². The average molecular weight is 429 g/mol. The van der Waals surface area contributed by atoms with E-state index in [-0.39, 0.29) is 17.4 Å². The molecule has 0 aliphatic heterocycles. The molecule has 1 atom stereocenters. The summed E-state index contributed by atoms with van der Waals surface area (Å²) in [4.78, 5) is 27.9. The van der Waals surface area contributed by atoms with Crippen molar-refractivity contribution in [2.24, 2.45) is 0 Å². The first-order valence-corrected chi connectivity index (χ1v) is 11.0. The van der Waals surface area contributed by atoms with Crippen LogP contribution < -0.4 is 5.32 Å². The molecule has 2 rings (SSSR count). The second-order valence-electron chi connectivity index (χ2n) is 8.58. The van der Waals surface area contributed by atoms with Crippen molar-refractivity contribution in [3.8, 4) is 0 Å². The normalized spacial score (nSPS) is 12.3. The van der Waals surface area contributed by atoms with Gasteiger partial charge in [-0.2, -0.15) is 0 Å². The quantitative estimate of drug-likeness (QED) is 0.608. The Morgan fingerprint density at radius 2 is 1.63 bits per heavy atom. The second kappa shape index (κ2) is 11.2. The number of hydrogen-bond acceptors (Lipinski definition) is 2. The van der Waals surface area contributed by atoms with E-state index in [9.17, 15) is 9.59 Å². The van der Waals surface area contributed by atoms with Gasteiger partial charge in [0.15, 0.2) is 0 Å². The van der Waals surface area contributed by atoms with Crippen molar-refractivity contribution >= 4 is 23.4 Å². The summed E-state index contributed by atoms with van der Waals surface area (Å²) in [6.45, 7) is 8.30. The highest BCUT2D eigenvalue weighted by molar-refractivity contribution is 6.31. The van der Waals surface area contributed by atoms with E-state index in [0.29, 0.717) is 37.3 Å². The van der Waals surface area contributed by atoms with Crippen molar-refractivity contribution in [3.05, 3.63) is 70.7 Å². The lowest BCUT2D eigenvalue weighted by Gasteiger charge is -2.33. The summed E-state index contributed by atoms with van der Waals surface area (Å²) in [6, 6.07) is 17.1. The van der Waals surface area contributed by atoms with Gasteiger partial charge in [-0.3, -0.25) is 9.59 Å². The lowest BCUT2D eigenvalue weighted by molar-refractivity contribution is -0.141. The summed E-state index contributed by atoms with van der Waals surface area (Å²) in [5, 5.41) is 3.70. The van der Waals surface area contributed by atoms with Crippen molar-refractivity contribution in [2.45, 2.75) is 65.0 Å². The Kier molecular flexibility index (Phi) is 8.91. The van der Waals surface area contributed by atoms with Crippen LogP contribution in [0.3, 0.4) is 0 Å². The zero-order valence-electron chi connectivity index (χ0n) is 18.5. The molecule has 0 aromatic heterocycles. The Balaban J connectivity index is 2.16. The molecule has 0 unspecified atom stereocenters. The monoisotopic (exact) mass is 428 g/mol. The van der Waals surface area contributed by atoms with Crippen molar-refractivity contribution in [2.75, 3.05) is 6.54 Å². The Morgan fingerprint density at radius 1 is 1.00 bits per heavy atom. The standard InChI is InChI=1S/C25H33ClN2O2/c1-5-22(24(30)27-25(2,3)4)28(18-17-19-11-7-6-8-12-19)23(29)16-15-20-13-9-10-14-21(20)26/h6-14,22H,5,15-18H2,1-4H3,(H,27,30)/t22-/m0/s1. The summed E-state index contributed by atoms with van der Waals surface area (Å²) in [5.41, 5.74) is 1.74. The van der Waals surface area contributed by atoms with E-state index in [0.717, 1.165) is 11.1 Å². The Labute approximate surface area is 185 Å². The van der Waals surface area contributed by atoms with Crippen LogP contribution in [0.25, 0.3) is 0 Å². The van der Waals surface area contributed by atoms with Crippen LogP contribution in [0.1, 0.15) is 51.7 Å². The van der Waals surface area contributed by atoms with Gasteiger partial charge in [0.1, 0.15) is 6.04 Å². The number of carbonyl (C=O) groups excluding carboxylic acids is 2. The van der Waals surface area contributed by atoms with E-state index in [1.807, 2.05) is 82.3 Å². The van der Waals surface area contributed by atoms with Crippen LogP contribution in [0, 0.1) is 0 Å². The molecule has 0 saturated heterocycles. The third kappa shape index (κ3) is 7.49. The maximum Gasteiger partial charge on any atom is 0.243 e. The summed E-state index contributed by atoms with van der Waals surface area (Å²) < 4.78 is 0. The van der Waals surface area contributed by atoms with Crippen LogP contribution in [0.5, 0.6) is 0 Å².